The number of ether oxygens (including phenoxy) is 1. The molecule has 1 rings (SSSR count). The van der Waals surface area contributed by atoms with Gasteiger partial charge in [-0.15, -0.1) is 0 Å². The van der Waals surface area contributed by atoms with Gasteiger partial charge in [-0.1, -0.05) is 0 Å². The molecule has 1 heterocycles. The van der Waals surface area contributed by atoms with Crippen LogP contribution in [0.2, 0.25) is 0 Å². The van der Waals surface area contributed by atoms with Gasteiger partial charge in [0.15, 0.2) is 0 Å². The summed E-state index contributed by atoms with van der Waals surface area (Å²) in [5.74, 6) is 0.986. The van der Waals surface area contributed by atoms with E-state index in [1.54, 1.807) is 0 Å². The zero-order valence-electron chi connectivity index (χ0n) is 7.99. The van der Waals surface area contributed by atoms with Gasteiger partial charge in [-0.25, -0.2) is 0 Å². The summed E-state index contributed by atoms with van der Waals surface area (Å²) < 4.78 is 5.64. The molecule has 2 nitrogen and oxygen atoms in total. The second-order valence-corrected chi connectivity index (χ2v) is 4.04. The molecule has 0 spiro atoms. The van der Waals surface area contributed by atoms with Gasteiger partial charge in [-0.05, 0) is 32.6 Å². The maximum absolute atomic E-state index is 5.64. The third-order valence-corrected chi connectivity index (χ3v) is 2.44. The summed E-state index contributed by atoms with van der Waals surface area (Å²) in [6.45, 7) is 7.62. The Morgan fingerprint density at radius 1 is 1.33 bits per heavy atom. The zero-order chi connectivity index (χ0) is 8.97. The minimum Gasteiger partial charge on any atom is -0.373 e. The van der Waals surface area contributed by atoms with E-state index in [0.29, 0.717) is 12.2 Å². The smallest absolute Gasteiger partial charge is 0.0678 e. The largest absolute Gasteiger partial charge is 0.373 e. The van der Waals surface area contributed by atoms with Gasteiger partial charge >= 0.3 is 0 Å². The first kappa shape index (κ1) is 10.4. The molecule has 0 aromatic rings. The normalized spacial score (nSPS) is 32.2. The maximum atomic E-state index is 5.64. The van der Waals surface area contributed by atoms with Crippen LogP contribution in [0.1, 0.15) is 20.3 Å². The lowest BCUT2D eigenvalue weighted by Gasteiger charge is -2.35. The SMILES string of the molecule is CC1CN(CCCS)CC(C)O1. The summed E-state index contributed by atoms with van der Waals surface area (Å²) in [6.07, 6.45) is 1.98. The van der Waals surface area contributed by atoms with Crippen LogP contribution in [0, 0.1) is 0 Å². The number of morpholine rings is 1. The molecule has 0 aromatic heterocycles. The van der Waals surface area contributed by atoms with Crippen LogP contribution in [0.4, 0.5) is 0 Å². The van der Waals surface area contributed by atoms with E-state index in [9.17, 15) is 0 Å². The van der Waals surface area contributed by atoms with Gasteiger partial charge in [0.05, 0.1) is 12.2 Å². The van der Waals surface area contributed by atoms with Gasteiger partial charge in [0.2, 0.25) is 0 Å². The summed E-state index contributed by atoms with van der Waals surface area (Å²) >= 11 is 4.21. The van der Waals surface area contributed by atoms with Gasteiger partial charge in [-0.3, -0.25) is 4.90 Å². The summed E-state index contributed by atoms with van der Waals surface area (Å²) in [5.41, 5.74) is 0. The van der Waals surface area contributed by atoms with Crippen LogP contribution in [0.5, 0.6) is 0 Å². The summed E-state index contributed by atoms with van der Waals surface area (Å²) in [7, 11) is 0. The first-order valence-electron chi connectivity index (χ1n) is 4.71. The molecule has 0 radical (unpaired) electrons. The average Bonchev–Trinajstić information content (AvgIpc) is 1.99. The molecule has 0 N–H and O–H groups in total. The molecule has 0 aromatic carbocycles. The van der Waals surface area contributed by atoms with Crippen molar-refractivity contribution in [2.75, 3.05) is 25.4 Å². The van der Waals surface area contributed by atoms with Gasteiger partial charge < -0.3 is 4.74 Å². The minimum atomic E-state index is 0.397. The first-order valence-corrected chi connectivity index (χ1v) is 5.34. The molecule has 1 fully saturated rings. The Morgan fingerprint density at radius 2 is 1.92 bits per heavy atom. The summed E-state index contributed by atoms with van der Waals surface area (Å²) in [4.78, 5) is 2.47. The third kappa shape index (κ3) is 3.33. The minimum absolute atomic E-state index is 0.397. The van der Waals surface area contributed by atoms with E-state index in [-0.39, 0.29) is 0 Å². The fourth-order valence-corrected chi connectivity index (χ4v) is 1.90. The zero-order valence-corrected chi connectivity index (χ0v) is 8.89. The topological polar surface area (TPSA) is 12.5 Å². The Morgan fingerprint density at radius 3 is 2.42 bits per heavy atom. The molecule has 72 valence electrons. The van der Waals surface area contributed by atoms with Crippen molar-refractivity contribution >= 4 is 12.6 Å². The number of thiol groups is 1. The fraction of sp³-hybridized carbons (Fsp3) is 1.00. The standard InChI is InChI=1S/C9H19NOS/c1-8-6-10(4-3-5-12)7-9(2)11-8/h8-9,12H,3-7H2,1-2H3. The highest BCUT2D eigenvalue weighted by Crippen LogP contribution is 2.10. The molecule has 0 saturated carbocycles. The molecule has 1 aliphatic heterocycles. The molecule has 2 unspecified atom stereocenters. The molecule has 0 bridgehead atoms. The van der Waals surface area contributed by atoms with Crippen molar-refractivity contribution in [1.29, 1.82) is 0 Å². The Hall–Kier alpha value is 0.270. The van der Waals surface area contributed by atoms with E-state index in [0.717, 1.165) is 18.8 Å². The third-order valence-electron chi connectivity index (χ3n) is 2.13. The second-order valence-electron chi connectivity index (χ2n) is 3.59. The molecule has 0 aliphatic carbocycles. The maximum Gasteiger partial charge on any atom is 0.0678 e. The Balaban J connectivity index is 2.24. The predicted octanol–water partition coefficient (Wildman–Crippen LogP) is 1.42. The van der Waals surface area contributed by atoms with Crippen LogP contribution in [0.15, 0.2) is 0 Å². The number of hydrogen-bond donors (Lipinski definition) is 1. The molecule has 1 saturated heterocycles. The van der Waals surface area contributed by atoms with Gasteiger partial charge in [0.1, 0.15) is 0 Å². The molecule has 2 atom stereocenters. The molecule has 3 heteroatoms. The van der Waals surface area contributed by atoms with Crippen LogP contribution in [-0.4, -0.2) is 42.5 Å². The molecular weight excluding hydrogens is 170 g/mol. The molecule has 12 heavy (non-hydrogen) atoms. The van der Waals surface area contributed by atoms with Crippen molar-refractivity contribution in [2.24, 2.45) is 0 Å². The van der Waals surface area contributed by atoms with E-state index in [2.05, 4.69) is 31.4 Å². The van der Waals surface area contributed by atoms with Crippen LogP contribution in [0.25, 0.3) is 0 Å². The van der Waals surface area contributed by atoms with Crippen LogP contribution in [0.3, 0.4) is 0 Å². The Labute approximate surface area is 80.7 Å². The van der Waals surface area contributed by atoms with Crippen molar-refractivity contribution < 1.29 is 4.74 Å². The van der Waals surface area contributed by atoms with Crippen LogP contribution in [-0.2, 0) is 4.74 Å². The van der Waals surface area contributed by atoms with Crippen molar-refractivity contribution in [3.05, 3.63) is 0 Å². The quantitative estimate of drug-likeness (QED) is 0.674. The highest BCUT2D eigenvalue weighted by atomic mass is 32.1. The van der Waals surface area contributed by atoms with E-state index < -0.39 is 0 Å². The van der Waals surface area contributed by atoms with E-state index in [1.165, 1.54) is 13.0 Å². The van der Waals surface area contributed by atoms with E-state index >= 15 is 0 Å². The second kappa shape index (κ2) is 5.10. The molecule has 1 aliphatic rings. The van der Waals surface area contributed by atoms with Crippen molar-refractivity contribution in [1.82, 2.24) is 4.90 Å². The van der Waals surface area contributed by atoms with Crippen LogP contribution >= 0.6 is 12.6 Å². The van der Waals surface area contributed by atoms with E-state index in [1.807, 2.05) is 0 Å². The van der Waals surface area contributed by atoms with Gasteiger partial charge in [0, 0.05) is 13.1 Å². The van der Waals surface area contributed by atoms with Crippen molar-refractivity contribution in [3.8, 4) is 0 Å². The number of hydrogen-bond acceptors (Lipinski definition) is 3. The fourth-order valence-electron chi connectivity index (χ4n) is 1.76. The monoisotopic (exact) mass is 189 g/mol. The van der Waals surface area contributed by atoms with Gasteiger partial charge in [-0.2, -0.15) is 12.6 Å². The van der Waals surface area contributed by atoms with E-state index in [4.69, 9.17) is 4.74 Å². The Kier molecular flexibility index (Phi) is 4.40. The first-order chi connectivity index (χ1) is 5.72. The lowest BCUT2D eigenvalue weighted by molar-refractivity contribution is -0.0677. The average molecular weight is 189 g/mol. The highest BCUT2D eigenvalue weighted by molar-refractivity contribution is 7.80. The van der Waals surface area contributed by atoms with Crippen molar-refractivity contribution in [3.63, 3.8) is 0 Å². The summed E-state index contributed by atoms with van der Waals surface area (Å²) in [5, 5.41) is 0. The van der Waals surface area contributed by atoms with Crippen molar-refractivity contribution in [2.45, 2.75) is 32.5 Å². The van der Waals surface area contributed by atoms with Gasteiger partial charge in [0.25, 0.3) is 0 Å². The highest BCUT2D eigenvalue weighted by Gasteiger charge is 2.20. The Bertz CT molecular complexity index is 122. The molecule has 0 amide bonds. The number of nitrogens with zero attached hydrogens (tertiary/aromatic N) is 1. The predicted molar refractivity (Wildman–Crippen MR) is 54.9 cm³/mol. The summed E-state index contributed by atoms with van der Waals surface area (Å²) in [6, 6.07) is 0. The number of rotatable bonds is 3. The lowest BCUT2D eigenvalue weighted by atomic mass is 10.2. The van der Waals surface area contributed by atoms with Crippen LogP contribution < -0.4 is 0 Å². The lowest BCUT2D eigenvalue weighted by Crippen LogP contribution is -2.45. The molecular formula is C9H19NOS.